The predicted molar refractivity (Wildman–Crippen MR) is 142 cm³/mol. The van der Waals surface area contributed by atoms with E-state index in [0.717, 1.165) is 45.3 Å². The van der Waals surface area contributed by atoms with Gasteiger partial charge in [0.05, 0.1) is 11.9 Å². The van der Waals surface area contributed by atoms with Crippen LogP contribution in [-0.4, -0.2) is 43.9 Å². The van der Waals surface area contributed by atoms with Crippen molar-refractivity contribution in [1.29, 1.82) is 0 Å². The first-order chi connectivity index (χ1) is 16.4. The average Bonchev–Trinajstić information content (AvgIpc) is 2.86. The van der Waals surface area contributed by atoms with Crippen LogP contribution in [0.2, 0.25) is 0 Å². The van der Waals surface area contributed by atoms with Crippen molar-refractivity contribution in [2.24, 2.45) is 0 Å². The molecule has 4 rings (SSSR count). The highest BCUT2D eigenvalue weighted by molar-refractivity contribution is 8.14. The third-order valence-corrected chi connectivity index (χ3v) is 9.39. The summed E-state index contributed by atoms with van der Waals surface area (Å²) in [6.07, 6.45) is 9.26. The monoisotopic (exact) mass is 495 g/mol. The molecule has 0 saturated carbocycles. The van der Waals surface area contributed by atoms with Crippen LogP contribution in [0.15, 0.2) is 79.0 Å². The van der Waals surface area contributed by atoms with E-state index in [-0.39, 0.29) is 5.41 Å². The topological polar surface area (TPSA) is 53.5 Å². The lowest BCUT2D eigenvalue weighted by Crippen LogP contribution is -2.43. The fourth-order valence-corrected chi connectivity index (χ4v) is 6.81. The molecule has 1 aliphatic rings. The lowest BCUT2D eigenvalue weighted by molar-refractivity contribution is 0.143. The standard InChI is InChI=1S/C27H33N3O2S2/c1-33-30(34(2,31)32)25-13-11-24(12-14-25)22-29-20-17-27(18-21-29,26-10-6-7-19-28-26)16-15-23-8-4-3-5-9-23/h3-14,19H,15-18,20-22H2,1-2H3. The first-order valence-corrected chi connectivity index (χ1v) is 14.7. The Morgan fingerprint density at radius 2 is 1.62 bits per heavy atom. The van der Waals surface area contributed by atoms with Gasteiger partial charge in [-0.2, -0.15) is 0 Å². The fraction of sp³-hybridized carbons (Fsp3) is 0.370. The second-order valence-electron chi connectivity index (χ2n) is 9.10. The maximum atomic E-state index is 12.0. The normalized spacial score (nSPS) is 16.3. The van der Waals surface area contributed by atoms with Gasteiger partial charge < -0.3 is 0 Å². The zero-order valence-corrected chi connectivity index (χ0v) is 21.6. The molecule has 1 saturated heterocycles. The number of anilines is 1. The molecule has 7 heteroatoms. The van der Waals surface area contributed by atoms with Crippen molar-refractivity contribution in [3.63, 3.8) is 0 Å². The van der Waals surface area contributed by atoms with Gasteiger partial charge in [-0.25, -0.2) is 12.1 Å². The van der Waals surface area contributed by atoms with Crippen LogP contribution in [0.3, 0.4) is 0 Å². The highest BCUT2D eigenvalue weighted by atomic mass is 32.3. The molecule has 0 amide bonds. The van der Waals surface area contributed by atoms with Crippen molar-refractivity contribution in [2.75, 3.05) is 29.3 Å². The molecule has 0 spiro atoms. The molecule has 0 atom stereocenters. The van der Waals surface area contributed by atoms with Gasteiger partial charge in [-0.05, 0) is 86.1 Å². The Balaban J connectivity index is 1.42. The molecule has 0 radical (unpaired) electrons. The number of hydrogen-bond donors (Lipinski definition) is 0. The van der Waals surface area contributed by atoms with Crippen molar-refractivity contribution in [2.45, 2.75) is 37.6 Å². The van der Waals surface area contributed by atoms with E-state index < -0.39 is 10.0 Å². The minimum absolute atomic E-state index is 0.103. The number of pyridine rings is 1. The molecule has 34 heavy (non-hydrogen) atoms. The van der Waals surface area contributed by atoms with Crippen molar-refractivity contribution in [3.05, 3.63) is 95.8 Å². The minimum atomic E-state index is -3.29. The number of rotatable bonds is 9. The second-order valence-corrected chi connectivity index (χ2v) is 11.9. The number of likely N-dealkylation sites (tertiary alicyclic amines) is 1. The number of sulfonamides is 1. The average molecular weight is 496 g/mol. The van der Waals surface area contributed by atoms with E-state index in [1.807, 2.05) is 36.5 Å². The highest BCUT2D eigenvalue weighted by Crippen LogP contribution is 2.39. The summed E-state index contributed by atoms with van der Waals surface area (Å²) < 4.78 is 25.3. The lowest BCUT2D eigenvalue weighted by Gasteiger charge is -2.42. The predicted octanol–water partition coefficient (Wildman–Crippen LogP) is 5.29. The summed E-state index contributed by atoms with van der Waals surface area (Å²) in [5.41, 5.74) is 4.59. The Hall–Kier alpha value is -2.35. The number of hydrogen-bond acceptors (Lipinski definition) is 5. The van der Waals surface area contributed by atoms with Crippen LogP contribution in [-0.2, 0) is 28.4 Å². The van der Waals surface area contributed by atoms with Gasteiger partial charge in [-0.15, -0.1) is 0 Å². The largest absolute Gasteiger partial charge is 0.299 e. The van der Waals surface area contributed by atoms with Gasteiger partial charge in [-0.1, -0.05) is 48.5 Å². The van der Waals surface area contributed by atoms with Gasteiger partial charge in [0.2, 0.25) is 10.0 Å². The molecule has 2 heterocycles. The molecule has 2 aromatic carbocycles. The van der Waals surface area contributed by atoms with Crippen LogP contribution in [0.5, 0.6) is 0 Å². The SMILES string of the molecule is CSN(c1ccc(CN2CCC(CCc3ccccc3)(c3ccccn3)CC2)cc1)S(C)(=O)=O. The van der Waals surface area contributed by atoms with E-state index in [0.29, 0.717) is 5.69 Å². The quantitative estimate of drug-likeness (QED) is 0.378. The Kier molecular flexibility index (Phi) is 7.96. The summed E-state index contributed by atoms with van der Waals surface area (Å²) >= 11 is 1.20. The summed E-state index contributed by atoms with van der Waals surface area (Å²) in [7, 11) is -3.29. The molecule has 5 nitrogen and oxygen atoms in total. The summed E-state index contributed by atoms with van der Waals surface area (Å²) in [4.78, 5) is 7.28. The first-order valence-electron chi connectivity index (χ1n) is 11.7. The van der Waals surface area contributed by atoms with E-state index in [9.17, 15) is 8.42 Å². The van der Waals surface area contributed by atoms with Crippen LogP contribution in [0.1, 0.15) is 36.1 Å². The number of aromatic nitrogens is 1. The van der Waals surface area contributed by atoms with Crippen LogP contribution in [0, 0.1) is 0 Å². The second kappa shape index (κ2) is 10.9. The van der Waals surface area contributed by atoms with Crippen LogP contribution in [0.4, 0.5) is 5.69 Å². The van der Waals surface area contributed by atoms with Gasteiger partial charge >= 0.3 is 0 Å². The number of benzene rings is 2. The molecule has 180 valence electrons. The molecular weight excluding hydrogens is 462 g/mol. The summed E-state index contributed by atoms with van der Waals surface area (Å²) in [6.45, 7) is 2.91. The third kappa shape index (κ3) is 6.01. The summed E-state index contributed by atoms with van der Waals surface area (Å²) in [5.74, 6) is 0. The first kappa shape index (κ1) is 24.8. The maximum absolute atomic E-state index is 12.0. The molecule has 1 aromatic heterocycles. The Bertz CT molecular complexity index is 1150. The van der Waals surface area contributed by atoms with Gasteiger partial charge in [0.1, 0.15) is 0 Å². The van der Waals surface area contributed by atoms with E-state index in [1.165, 1.54) is 38.7 Å². The maximum Gasteiger partial charge on any atom is 0.241 e. The summed E-state index contributed by atoms with van der Waals surface area (Å²) in [6, 6.07) is 24.9. The van der Waals surface area contributed by atoms with E-state index in [2.05, 4.69) is 47.4 Å². The van der Waals surface area contributed by atoms with Gasteiger partial charge in [-0.3, -0.25) is 9.88 Å². The Labute approximate surface area is 208 Å². The highest BCUT2D eigenvalue weighted by Gasteiger charge is 2.37. The molecule has 3 aromatic rings. The summed E-state index contributed by atoms with van der Waals surface area (Å²) in [5, 5.41) is 0. The minimum Gasteiger partial charge on any atom is -0.299 e. The van der Waals surface area contributed by atoms with Crippen LogP contribution < -0.4 is 3.71 Å². The number of piperidine rings is 1. The number of aryl methyl sites for hydroxylation is 1. The van der Waals surface area contributed by atoms with E-state index >= 15 is 0 Å². The third-order valence-electron chi connectivity index (χ3n) is 6.78. The molecule has 1 aliphatic heterocycles. The van der Waals surface area contributed by atoms with E-state index in [1.54, 1.807) is 6.26 Å². The molecule has 0 aliphatic carbocycles. The van der Waals surface area contributed by atoms with E-state index in [4.69, 9.17) is 4.98 Å². The van der Waals surface area contributed by atoms with Crippen molar-refractivity contribution >= 4 is 27.7 Å². The van der Waals surface area contributed by atoms with Gasteiger partial charge in [0.25, 0.3) is 0 Å². The molecule has 0 bridgehead atoms. The Morgan fingerprint density at radius 3 is 2.21 bits per heavy atom. The Morgan fingerprint density at radius 1 is 0.941 bits per heavy atom. The molecule has 1 fully saturated rings. The molecule has 0 N–H and O–H groups in total. The van der Waals surface area contributed by atoms with Crippen molar-refractivity contribution in [1.82, 2.24) is 9.88 Å². The number of nitrogens with zero attached hydrogens (tertiary/aromatic N) is 3. The lowest BCUT2D eigenvalue weighted by atomic mass is 9.71. The van der Waals surface area contributed by atoms with Gasteiger partial charge in [0.15, 0.2) is 0 Å². The molecular formula is C27H33N3O2S2. The van der Waals surface area contributed by atoms with Crippen LogP contribution in [0.25, 0.3) is 0 Å². The zero-order chi connectivity index (χ0) is 24.0. The molecule has 0 unspecified atom stereocenters. The smallest absolute Gasteiger partial charge is 0.241 e. The fourth-order valence-electron chi connectivity index (χ4n) is 4.89. The van der Waals surface area contributed by atoms with Crippen molar-refractivity contribution < 1.29 is 8.42 Å². The van der Waals surface area contributed by atoms with Gasteiger partial charge in [0, 0.05) is 30.1 Å². The zero-order valence-electron chi connectivity index (χ0n) is 19.9. The van der Waals surface area contributed by atoms with Crippen LogP contribution >= 0.6 is 11.9 Å². The van der Waals surface area contributed by atoms with Crippen molar-refractivity contribution in [3.8, 4) is 0 Å².